The number of methoxy groups -OCH3 is 2. The van der Waals surface area contributed by atoms with Crippen molar-refractivity contribution in [2.24, 2.45) is 5.92 Å². The second-order valence-electron chi connectivity index (χ2n) is 5.42. The van der Waals surface area contributed by atoms with Crippen LogP contribution in [0, 0.1) is 5.92 Å². The topological polar surface area (TPSA) is 67.8 Å². The molecule has 22 heavy (non-hydrogen) atoms. The van der Waals surface area contributed by atoms with Crippen molar-refractivity contribution < 1.29 is 28.2 Å². The first kappa shape index (κ1) is 16.5. The van der Waals surface area contributed by atoms with E-state index < -0.39 is 17.8 Å². The first-order chi connectivity index (χ1) is 10.3. The van der Waals surface area contributed by atoms with Gasteiger partial charge in [0.15, 0.2) is 11.5 Å². The van der Waals surface area contributed by atoms with Crippen molar-refractivity contribution in [1.29, 1.82) is 0 Å². The van der Waals surface area contributed by atoms with E-state index in [9.17, 15) is 13.6 Å². The maximum atomic E-state index is 13.8. The van der Waals surface area contributed by atoms with E-state index in [1.807, 2.05) is 0 Å². The Morgan fingerprint density at radius 3 is 2.50 bits per heavy atom. The number of nitrogens with one attached hydrogen (secondary N) is 1. The fourth-order valence-corrected chi connectivity index (χ4v) is 2.69. The number of rotatable bonds is 5. The number of ether oxygens (including phenoxy) is 2. The van der Waals surface area contributed by atoms with Crippen molar-refractivity contribution >= 4 is 5.97 Å². The fourth-order valence-electron chi connectivity index (χ4n) is 2.69. The van der Waals surface area contributed by atoms with Gasteiger partial charge in [-0.25, -0.2) is 8.78 Å². The molecule has 2 unspecified atom stereocenters. The quantitative estimate of drug-likeness (QED) is 0.874. The number of hydrogen-bond acceptors (Lipinski definition) is 4. The Balaban J connectivity index is 2.43. The van der Waals surface area contributed by atoms with Crippen LogP contribution in [0.4, 0.5) is 8.78 Å². The molecule has 0 radical (unpaired) electrons. The third-order valence-corrected chi connectivity index (χ3v) is 3.86. The van der Waals surface area contributed by atoms with Crippen LogP contribution in [0.15, 0.2) is 12.1 Å². The third-order valence-electron chi connectivity index (χ3n) is 3.86. The molecule has 0 spiro atoms. The molecule has 0 bridgehead atoms. The van der Waals surface area contributed by atoms with Crippen LogP contribution in [0.1, 0.15) is 30.5 Å². The van der Waals surface area contributed by atoms with Gasteiger partial charge in [0.05, 0.1) is 25.7 Å². The number of halogens is 2. The monoisotopic (exact) mass is 315 g/mol. The number of benzene rings is 1. The van der Waals surface area contributed by atoms with Crippen molar-refractivity contribution in [1.82, 2.24) is 5.32 Å². The molecule has 0 amide bonds. The van der Waals surface area contributed by atoms with Crippen LogP contribution < -0.4 is 14.8 Å². The molecule has 0 aromatic heterocycles. The Morgan fingerprint density at radius 1 is 1.36 bits per heavy atom. The molecule has 1 aromatic rings. The molecule has 0 saturated carbocycles. The molecule has 2 N–H and O–H groups in total. The van der Waals surface area contributed by atoms with Crippen LogP contribution >= 0.6 is 0 Å². The number of carbonyl (C=O) groups is 1. The molecule has 122 valence electrons. The molecule has 2 rings (SSSR count). The van der Waals surface area contributed by atoms with E-state index in [1.165, 1.54) is 20.3 Å². The van der Waals surface area contributed by atoms with Gasteiger partial charge < -0.3 is 19.9 Å². The minimum absolute atomic E-state index is 0.00784. The predicted octanol–water partition coefficient (Wildman–Crippen LogP) is 2.55. The molecule has 7 heteroatoms. The van der Waals surface area contributed by atoms with Crippen LogP contribution in [-0.4, -0.2) is 31.8 Å². The SMILES string of the molecule is COc1cc(C2CC(C(=O)O)CN2)cc(C(C)(F)F)c1OC. The molecule has 0 aliphatic carbocycles. The zero-order chi connectivity index (χ0) is 16.5. The Bertz CT molecular complexity index is 571. The smallest absolute Gasteiger partial charge is 0.307 e. The highest BCUT2D eigenvalue weighted by Crippen LogP contribution is 2.43. The van der Waals surface area contributed by atoms with Gasteiger partial charge in [-0.05, 0) is 24.1 Å². The van der Waals surface area contributed by atoms with E-state index in [4.69, 9.17) is 14.6 Å². The van der Waals surface area contributed by atoms with Gasteiger partial charge in [-0.2, -0.15) is 0 Å². The van der Waals surface area contributed by atoms with Gasteiger partial charge in [0.2, 0.25) is 0 Å². The van der Waals surface area contributed by atoms with Crippen LogP contribution in [-0.2, 0) is 10.7 Å². The largest absolute Gasteiger partial charge is 0.493 e. The average molecular weight is 315 g/mol. The summed E-state index contributed by atoms with van der Waals surface area (Å²) < 4.78 is 37.9. The first-order valence-electron chi connectivity index (χ1n) is 6.88. The van der Waals surface area contributed by atoms with E-state index in [2.05, 4.69) is 5.32 Å². The van der Waals surface area contributed by atoms with E-state index in [-0.39, 0.29) is 23.1 Å². The standard InChI is InChI=1S/C15H19F2NO4/c1-15(16,17)10-4-8(6-12(21-2)13(10)22-3)11-5-9(7-18-11)14(19)20/h4,6,9,11,18H,5,7H2,1-3H3,(H,19,20). The van der Waals surface area contributed by atoms with Gasteiger partial charge in [-0.1, -0.05) is 0 Å². The summed E-state index contributed by atoms with van der Waals surface area (Å²) in [6.07, 6.45) is 0.347. The molecule has 1 aliphatic heterocycles. The molecule has 1 saturated heterocycles. The lowest BCUT2D eigenvalue weighted by atomic mass is 9.96. The van der Waals surface area contributed by atoms with Gasteiger partial charge in [0.1, 0.15) is 0 Å². The zero-order valence-electron chi connectivity index (χ0n) is 12.7. The van der Waals surface area contributed by atoms with Crippen molar-refractivity contribution in [3.05, 3.63) is 23.3 Å². The molecular weight excluding hydrogens is 296 g/mol. The highest BCUT2D eigenvalue weighted by molar-refractivity contribution is 5.71. The van der Waals surface area contributed by atoms with E-state index in [0.717, 1.165) is 6.92 Å². The zero-order valence-corrected chi connectivity index (χ0v) is 12.7. The normalized spacial score (nSPS) is 21.7. The predicted molar refractivity (Wildman–Crippen MR) is 75.6 cm³/mol. The van der Waals surface area contributed by atoms with Gasteiger partial charge in [-0.3, -0.25) is 4.79 Å². The second-order valence-corrected chi connectivity index (χ2v) is 5.42. The highest BCUT2D eigenvalue weighted by atomic mass is 19.3. The van der Waals surface area contributed by atoms with Crippen LogP contribution in [0.5, 0.6) is 11.5 Å². The lowest BCUT2D eigenvalue weighted by Gasteiger charge is -2.21. The molecule has 1 aromatic carbocycles. The minimum Gasteiger partial charge on any atom is -0.493 e. The third kappa shape index (κ3) is 3.14. The number of hydrogen-bond donors (Lipinski definition) is 2. The summed E-state index contributed by atoms with van der Waals surface area (Å²) in [6.45, 7) is 1.10. The van der Waals surface area contributed by atoms with Crippen molar-refractivity contribution in [3.8, 4) is 11.5 Å². The molecule has 5 nitrogen and oxygen atoms in total. The summed E-state index contributed by atoms with van der Waals surface area (Å²) in [5.41, 5.74) is 0.294. The summed E-state index contributed by atoms with van der Waals surface area (Å²) in [4.78, 5) is 11.0. The minimum atomic E-state index is -3.10. The fraction of sp³-hybridized carbons (Fsp3) is 0.533. The summed E-state index contributed by atoms with van der Waals surface area (Å²) in [6, 6.07) is 2.65. The average Bonchev–Trinajstić information content (AvgIpc) is 2.94. The summed E-state index contributed by atoms with van der Waals surface area (Å²) in [7, 11) is 2.68. The van der Waals surface area contributed by atoms with Gasteiger partial charge in [0.25, 0.3) is 5.92 Å². The Labute approximate surface area is 127 Å². The van der Waals surface area contributed by atoms with E-state index in [1.54, 1.807) is 6.07 Å². The Hall–Kier alpha value is -1.89. The Morgan fingerprint density at radius 2 is 2.05 bits per heavy atom. The summed E-state index contributed by atoms with van der Waals surface area (Å²) in [5, 5.41) is 12.1. The molecular formula is C15H19F2NO4. The summed E-state index contributed by atoms with van der Waals surface area (Å²) >= 11 is 0. The lowest BCUT2D eigenvalue weighted by Crippen LogP contribution is -2.18. The van der Waals surface area contributed by atoms with Crippen molar-refractivity contribution in [2.75, 3.05) is 20.8 Å². The highest BCUT2D eigenvalue weighted by Gasteiger charge is 2.35. The summed E-state index contributed by atoms with van der Waals surface area (Å²) in [5.74, 6) is -4.32. The maximum absolute atomic E-state index is 13.8. The molecule has 1 aliphatic rings. The number of carboxylic acid groups (broad SMARTS) is 1. The second kappa shape index (κ2) is 6.08. The van der Waals surface area contributed by atoms with E-state index in [0.29, 0.717) is 18.5 Å². The Kier molecular flexibility index (Phi) is 4.55. The van der Waals surface area contributed by atoms with Crippen LogP contribution in [0.3, 0.4) is 0 Å². The number of alkyl halides is 2. The van der Waals surface area contributed by atoms with Gasteiger partial charge in [-0.15, -0.1) is 0 Å². The number of aliphatic carboxylic acids is 1. The van der Waals surface area contributed by atoms with Gasteiger partial charge >= 0.3 is 5.97 Å². The molecule has 1 heterocycles. The van der Waals surface area contributed by atoms with Crippen LogP contribution in [0.2, 0.25) is 0 Å². The van der Waals surface area contributed by atoms with Crippen LogP contribution in [0.25, 0.3) is 0 Å². The lowest BCUT2D eigenvalue weighted by molar-refractivity contribution is -0.141. The maximum Gasteiger partial charge on any atom is 0.307 e. The molecule has 1 fully saturated rings. The number of carboxylic acids is 1. The van der Waals surface area contributed by atoms with Crippen molar-refractivity contribution in [2.45, 2.75) is 25.3 Å². The van der Waals surface area contributed by atoms with E-state index >= 15 is 0 Å². The van der Waals surface area contributed by atoms with Gasteiger partial charge in [0, 0.05) is 19.5 Å². The van der Waals surface area contributed by atoms with Crippen molar-refractivity contribution in [3.63, 3.8) is 0 Å². The molecule has 2 atom stereocenters. The first-order valence-corrected chi connectivity index (χ1v) is 6.88.